The molecular weight excluding hydrogens is 216 g/mol. The van der Waals surface area contributed by atoms with E-state index in [0.29, 0.717) is 6.01 Å². The number of methoxy groups -OCH3 is 1. The van der Waals surface area contributed by atoms with Gasteiger partial charge in [-0.25, -0.2) is 0 Å². The molecule has 0 unspecified atom stereocenters. The summed E-state index contributed by atoms with van der Waals surface area (Å²) in [6.07, 6.45) is 1.63. The lowest BCUT2D eigenvalue weighted by Crippen LogP contribution is -1.93. The van der Waals surface area contributed by atoms with E-state index in [1.807, 2.05) is 13.0 Å². The molecule has 0 fully saturated rings. The van der Waals surface area contributed by atoms with Gasteiger partial charge in [-0.2, -0.15) is 4.98 Å². The smallest absolute Gasteiger partial charge is 0.294 e. The number of nitrogens with zero attached hydrogens (tertiary/aromatic N) is 1. The minimum atomic E-state index is 0.501. The van der Waals surface area contributed by atoms with Crippen LogP contribution < -0.4 is 10.1 Å². The van der Waals surface area contributed by atoms with Crippen LogP contribution in [0.2, 0.25) is 0 Å². The first-order valence-corrected chi connectivity index (χ1v) is 5.44. The Kier molecular flexibility index (Phi) is 3.04. The molecule has 0 aliphatic rings. The Balaban J connectivity index is 2.57. The number of aromatic nitrogens is 1. The van der Waals surface area contributed by atoms with Gasteiger partial charge >= 0.3 is 0 Å². The summed E-state index contributed by atoms with van der Waals surface area (Å²) in [5.41, 5.74) is 4.00. The summed E-state index contributed by atoms with van der Waals surface area (Å²) in [4.78, 5) is 4.33. The molecule has 1 aromatic carbocycles. The lowest BCUT2D eigenvalue weighted by molar-refractivity contribution is 0.413. The molecule has 90 valence electrons. The summed E-state index contributed by atoms with van der Waals surface area (Å²) in [6, 6.07) is 4.63. The second-order valence-corrected chi connectivity index (χ2v) is 3.95. The minimum absolute atomic E-state index is 0.501. The van der Waals surface area contributed by atoms with E-state index < -0.39 is 0 Å². The molecule has 0 radical (unpaired) electrons. The van der Waals surface area contributed by atoms with Gasteiger partial charge in [0.15, 0.2) is 0 Å². The van der Waals surface area contributed by atoms with Crippen molar-refractivity contribution in [2.45, 2.75) is 13.8 Å². The number of anilines is 1. The van der Waals surface area contributed by atoms with E-state index in [1.54, 1.807) is 20.4 Å². The Labute approximate surface area is 101 Å². The van der Waals surface area contributed by atoms with Crippen LogP contribution in [0.4, 0.5) is 6.01 Å². The molecule has 2 aromatic rings. The van der Waals surface area contributed by atoms with Crippen molar-refractivity contribution in [3.8, 4) is 17.0 Å². The number of ether oxygens (including phenoxy) is 1. The summed E-state index contributed by atoms with van der Waals surface area (Å²) < 4.78 is 10.7. The molecule has 0 aliphatic heterocycles. The fourth-order valence-electron chi connectivity index (χ4n) is 1.93. The fraction of sp³-hybridized carbons (Fsp3) is 0.308. The fourth-order valence-corrected chi connectivity index (χ4v) is 1.93. The number of oxazole rings is 1. The highest BCUT2D eigenvalue weighted by atomic mass is 16.5. The predicted octanol–water partition coefficient (Wildman–Crippen LogP) is 3.01. The quantitative estimate of drug-likeness (QED) is 0.883. The average Bonchev–Trinajstić information content (AvgIpc) is 2.76. The van der Waals surface area contributed by atoms with Crippen LogP contribution in [-0.2, 0) is 0 Å². The number of benzene rings is 1. The Morgan fingerprint density at radius 1 is 1.29 bits per heavy atom. The van der Waals surface area contributed by atoms with Crippen LogP contribution in [0.3, 0.4) is 0 Å². The summed E-state index contributed by atoms with van der Waals surface area (Å²) in [7, 11) is 3.44. The molecule has 0 atom stereocenters. The van der Waals surface area contributed by atoms with E-state index in [0.717, 1.165) is 22.6 Å². The number of hydrogen-bond donors (Lipinski definition) is 1. The summed E-state index contributed by atoms with van der Waals surface area (Å²) >= 11 is 0. The molecule has 0 spiro atoms. The van der Waals surface area contributed by atoms with Gasteiger partial charge in [0.05, 0.1) is 7.11 Å². The molecule has 4 heteroatoms. The monoisotopic (exact) mass is 232 g/mol. The van der Waals surface area contributed by atoms with Crippen LogP contribution in [0.15, 0.2) is 22.8 Å². The summed E-state index contributed by atoms with van der Waals surface area (Å²) in [5, 5.41) is 2.87. The Bertz CT molecular complexity index is 532. The molecule has 4 nitrogen and oxygen atoms in total. The van der Waals surface area contributed by atoms with E-state index in [-0.39, 0.29) is 0 Å². The zero-order valence-corrected chi connectivity index (χ0v) is 10.5. The second-order valence-electron chi connectivity index (χ2n) is 3.95. The average molecular weight is 232 g/mol. The van der Waals surface area contributed by atoms with E-state index in [2.05, 4.69) is 23.3 Å². The molecule has 0 bridgehead atoms. The van der Waals surface area contributed by atoms with Crippen LogP contribution in [0.25, 0.3) is 11.3 Å². The van der Waals surface area contributed by atoms with E-state index in [1.165, 1.54) is 5.56 Å². The maximum absolute atomic E-state index is 5.43. The van der Waals surface area contributed by atoms with Gasteiger partial charge in [0.2, 0.25) is 0 Å². The van der Waals surface area contributed by atoms with Crippen LogP contribution in [0.5, 0.6) is 5.75 Å². The SMILES string of the molecule is CNc1nc(-c2cc(C)cc(C)c2OC)co1. The maximum Gasteiger partial charge on any atom is 0.294 e. The van der Waals surface area contributed by atoms with Gasteiger partial charge in [0, 0.05) is 12.6 Å². The normalized spacial score (nSPS) is 10.4. The van der Waals surface area contributed by atoms with Crippen molar-refractivity contribution < 1.29 is 9.15 Å². The largest absolute Gasteiger partial charge is 0.496 e. The van der Waals surface area contributed by atoms with Crippen LogP contribution in [0.1, 0.15) is 11.1 Å². The van der Waals surface area contributed by atoms with E-state index in [9.17, 15) is 0 Å². The molecule has 1 aromatic heterocycles. The summed E-state index contributed by atoms with van der Waals surface area (Å²) in [5.74, 6) is 0.839. The van der Waals surface area contributed by atoms with Crippen molar-refractivity contribution in [1.82, 2.24) is 4.98 Å². The van der Waals surface area contributed by atoms with Gasteiger partial charge < -0.3 is 14.5 Å². The molecule has 0 amide bonds. The number of aryl methyl sites for hydroxylation is 2. The Morgan fingerprint density at radius 2 is 2.06 bits per heavy atom. The lowest BCUT2D eigenvalue weighted by Gasteiger charge is -2.10. The van der Waals surface area contributed by atoms with Gasteiger partial charge in [-0.15, -0.1) is 0 Å². The Morgan fingerprint density at radius 3 is 2.65 bits per heavy atom. The van der Waals surface area contributed by atoms with Crippen LogP contribution in [0, 0.1) is 13.8 Å². The lowest BCUT2D eigenvalue weighted by atomic mass is 10.0. The number of rotatable bonds is 3. The van der Waals surface area contributed by atoms with Crippen molar-refractivity contribution in [3.63, 3.8) is 0 Å². The first kappa shape index (κ1) is 11.5. The van der Waals surface area contributed by atoms with Gasteiger partial charge in [-0.3, -0.25) is 0 Å². The third-order valence-electron chi connectivity index (χ3n) is 2.62. The van der Waals surface area contributed by atoms with Crippen molar-refractivity contribution in [2.75, 3.05) is 19.5 Å². The molecule has 1 heterocycles. The summed E-state index contributed by atoms with van der Waals surface area (Å²) in [6.45, 7) is 4.07. The van der Waals surface area contributed by atoms with Crippen LogP contribution in [-0.4, -0.2) is 19.1 Å². The van der Waals surface area contributed by atoms with Crippen molar-refractivity contribution in [1.29, 1.82) is 0 Å². The van der Waals surface area contributed by atoms with Gasteiger partial charge in [-0.05, 0) is 31.0 Å². The van der Waals surface area contributed by atoms with Crippen molar-refractivity contribution in [2.24, 2.45) is 0 Å². The molecule has 0 saturated heterocycles. The molecule has 17 heavy (non-hydrogen) atoms. The minimum Gasteiger partial charge on any atom is -0.496 e. The maximum atomic E-state index is 5.43. The number of nitrogens with one attached hydrogen (secondary N) is 1. The highest BCUT2D eigenvalue weighted by molar-refractivity contribution is 5.70. The van der Waals surface area contributed by atoms with E-state index in [4.69, 9.17) is 9.15 Å². The molecule has 2 rings (SSSR count). The first-order valence-electron chi connectivity index (χ1n) is 5.44. The Hall–Kier alpha value is -1.97. The molecule has 0 saturated carbocycles. The molecule has 1 N–H and O–H groups in total. The van der Waals surface area contributed by atoms with Crippen LogP contribution >= 0.6 is 0 Å². The van der Waals surface area contributed by atoms with Gasteiger partial charge in [0.25, 0.3) is 6.01 Å². The van der Waals surface area contributed by atoms with Gasteiger partial charge in [0.1, 0.15) is 17.7 Å². The molecule has 0 aliphatic carbocycles. The van der Waals surface area contributed by atoms with Crippen molar-refractivity contribution >= 4 is 6.01 Å². The van der Waals surface area contributed by atoms with Crippen molar-refractivity contribution in [3.05, 3.63) is 29.5 Å². The first-order chi connectivity index (χ1) is 8.15. The third-order valence-corrected chi connectivity index (χ3v) is 2.62. The number of hydrogen-bond acceptors (Lipinski definition) is 4. The van der Waals surface area contributed by atoms with E-state index >= 15 is 0 Å². The zero-order chi connectivity index (χ0) is 12.4. The highest BCUT2D eigenvalue weighted by Crippen LogP contribution is 2.34. The van der Waals surface area contributed by atoms with Gasteiger partial charge in [-0.1, -0.05) is 6.07 Å². The second kappa shape index (κ2) is 4.49. The predicted molar refractivity (Wildman–Crippen MR) is 67.5 cm³/mol. The zero-order valence-electron chi connectivity index (χ0n) is 10.5. The highest BCUT2D eigenvalue weighted by Gasteiger charge is 2.13. The standard InChI is InChI=1S/C13H16N2O2/c1-8-5-9(2)12(16-4)10(6-8)11-7-17-13(14-3)15-11/h5-7H,1-4H3,(H,14,15). The topological polar surface area (TPSA) is 47.3 Å². The third kappa shape index (κ3) is 2.11. The molecular formula is C13H16N2O2.